The lowest BCUT2D eigenvalue weighted by atomic mass is 10.1. The summed E-state index contributed by atoms with van der Waals surface area (Å²) >= 11 is 0. The second-order valence-electron chi connectivity index (χ2n) is 5.51. The van der Waals surface area contributed by atoms with Crippen LogP contribution in [0.4, 0.5) is 0 Å². The molecule has 0 amide bonds. The fourth-order valence-electron chi connectivity index (χ4n) is 2.81. The van der Waals surface area contributed by atoms with Gasteiger partial charge in [-0.1, -0.05) is 42.5 Å². The number of nitrogens with zero attached hydrogens (tertiary/aromatic N) is 1. The minimum absolute atomic E-state index is 0.177. The molecule has 3 nitrogen and oxygen atoms in total. The summed E-state index contributed by atoms with van der Waals surface area (Å²) in [6.45, 7) is 4.30. The number of hydrogen-bond donors (Lipinski definition) is 0. The zero-order valence-corrected chi connectivity index (χ0v) is 11.9. The molecule has 0 aromatic heterocycles. The van der Waals surface area contributed by atoms with Crippen molar-refractivity contribution in [1.29, 1.82) is 0 Å². The first-order valence-corrected chi connectivity index (χ1v) is 7.63. The van der Waals surface area contributed by atoms with E-state index in [0.717, 1.165) is 25.1 Å². The van der Waals surface area contributed by atoms with Gasteiger partial charge in [0.05, 0.1) is 12.7 Å². The van der Waals surface area contributed by atoms with Crippen molar-refractivity contribution in [3.8, 4) is 0 Å². The third kappa shape index (κ3) is 3.69. The third-order valence-electron chi connectivity index (χ3n) is 3.95. The van der Waals surface area contributed by atoms with Crippen molar-refractivity contribution in [3.63, 3.8) is 0 Å². The third-order valence-corrected chi connectivity index (χ3v) is 3.95. The van der Waals surface area contributed by atoms with Gasteiger partial charge in [0.15, 0.2) is 6.29 Å². The van der Waals surface area contributed by atoms with Gasteiger partial charge in [-0.3, -0.25) is 4.90 Å². The molecule has 1 aromatic carbocycles. The molecule has 2 saturated heterocycles. The van der Waals surface area contributed by atoms with Gasteiger partial charge in [0.1, 0.15) is 0 Å². The minimum Gasteiger partial charge on any atom is -0.348 e. The summed E-state index contributed by atoms with van der Waals surface area (Å²) in [7, 11) is 0. The van der Waals surface area contributed by atoms with Crippen LogP contribution in [0.2, 0.25) is 0 Å². The fourth-order valence-corrected chi connectivity index (χ4v) is 2.81. The van der Waals surface area contributed by atoms with Crippen LogP contribution in [0.3, 0.4) is 0 Å². The summed E-state index contributed by atoms with van der Waals surface area (Å²) in [5, 5.41) is 0. The van der Waals surface area contributed by atoms with E-state index < -0.39 is 0 Å². The summed E-state index contributed by atoms with van der Waals surface area (Å²) in [5.41, 5.74) is 1.10. The van der Waals surface area contributed by atoms with Crippen LogP contribution in [0.15, 0.2) is 42.5 Å². The van der Waals surface area contributed by atoms with Gasteiger partial charge < -0.3 is 9.47 Å². The van der Waals surface area contributed by atoms with E-state index in [1.165, 1.54) is 25.9 Å². The molecule has 2 aliphatic rings. The van der Waals surface area contributed by atoms with E-state index in [9.17, 15) is 0 Å². The van der Waals surface area contributed by atoms with E-state index >= 15 is 0 Å². The summed E-state index contributed by atoms with van der Waals surface area (Å²) in [5.74, 6) is 0. The molecular formula is C17H23NO2. The molecule has 0 aliphatic carbocycles. The van der Waals surface area contributed by atoms with Crippen LogP contribution in [-0.4, -0.2) is 37.2 Å². The van der Waals surface area contributed by atoms with E-state index in [4.69, 9.17) is 9.47 Å². The lowest BCUT2D eigenvalue weighted by Gasteiger charge is -2.29. The predicted octanol–water partition coefficient (Wildman–Crippen LogP) is 3.14. The molecule has 1 aromatic rings. The highest BCUT2D eigenvalue weighted by Gasteiger charge is 2.22. The van der Waals surface area contributed by atoms with E-state index in [-0.39, 0.29) is 12.4 Å². The smallest absolute Gasteiger partial charge is 0.184 e. The molecule has 2 atom stereocenters. The van der Waals surface area contributed by atoms with E-state index in [2.05, 4.69) is 29.2 Å². The van der Waals surface area contributed by atoms with Gasteiger partial charge in [-0.2, -0.15) is 0 Å². The Hall–Kier alpha value is -1.16. The standard InChI is InChI=1S/C17H23NO2/c1-2-7-15(8-3-1)17-19-14-10-16(20-17)9-6-13-18-11-4-5-12-18/h1-3,6-9,16-17H,4-5,10-14H2/b9-6+/t16-,17+/m1/s1. The maximum absolute atomic E-state index is 6.01. The maximum Gasteiger partial charge on any atom is 0.184 e. The SMILES string of the molecule is C(=C\[C@@H]1CCO[C@H](c2ccccc2)O1)/CN1CCCC1. The average molecular weight is 273 g/mol. The number of likely N-dealkylation sites (tertiary alicyclic amines) is 1. The molecule has 108 valence electrons. The van der Waals surface area contributed by atoms with Gasteiger partial charge in [0.2, 0.25) is 0 Å². The molecule has 20 heavy (non-hydrogen) atoms. The first-order chi connectivity index (χ1) is 9.92. The molecule has 2 heterocycles. The van der Waals surface area contributed by atoms with Crippen LogP contribution < -0.4 is 0 Å². The lowest BCUT2D eigenvalue weighted by molar-refractivity contribution is -0.204. The van der Waals surface area contributed by atoms with Crippen LogP contribution >= 0.6 is 0 Å². The van der Waals surface area contributed by atoms with Crippen molar-refractivity contribution >= 4 is 0 Å². The Bertz CT molecular complexity index is 426. The monoisotopic (exact) mass is 273 g/mol. The Morgan fingerprint density at radius 2 is 1.95 bits per heavy atom. The Balaban J connectivity index is 1.51. The van der Waals surface area contributed by atoms with Crippen molar-refractivity contribution in [2.24, 2.45) is 0 Å². The van der Waals surface area contributed by atoms with Gasteiger partial charge in [-0.15, -0.1) is 0 Å². The Labute approximate surface area is 121 Å². The van der Waals surface area contributed by atoms with E-state index in [1.54, 1.807) is 0 Å². The highest BCUT2D eigenvalue weighted by molar-refractivity contribution is 5.16. The normalized spacial score (nSPS) is 28.2. The largest absolute Gasteiger partial charge is 0.348 e. The van der Waals surface area contributed by atoms with Gasteiger partial charge in [0, 0.05) is 18.5 Å². The summed E-state index contributed by atoms with van der Waals surface area (Å²) in [6.07, 6.45) is 8.05. The average Bonchev–Trinajstić information content (AvgIpc) is 3.02. The second-order valence-corrected chi connectivity index (χ2v) is 5.51. The Morgan fingerprint density at radius 3 is 2.75 bits per heavy atom. The summed E-state index contributed by atoms with van der Waals surface area (Å²) < 4.78 is 11.7. The van der Waals surface area contributed by atoms with Gasteiger partial charge in [-0.05, 0) is 25.9 Å². The maximum atomic E-state index is 6.01. The van der Waals surface area contributed by atoms with Crippen LogP contribution in [0, 0.1) is 0 Å². The molecule has 2 aliphatic heterocycles. The van der Waals surface area contributed by atoms with E-state index in [0.29, 0.717) is 0 Å². The summed E-state index contributed by atoms with van der Waals surface area (Å²) in [4.78, 5) is 2.49. The zero-order valence-electron chi connectivity index (χ0n) is 11.9. The fraction of sp³-hybridized carbons (Fsp3) is 0.529. The highest BCUT2D eigenvalue weighted by Crippen LogP contribution is 2.26. The molecule has 0 unspecified atom stereocenters. The van der Waals surface area contributed by atoms with Crippen LogP contribution in [0.5, 0.6) is 0 Å². The van der Waals surface area contributed by atoms with Crippen molar-refractivity contribution in [3.05, 3.63) is 48.0 Å². The Kier molecular flexibility index (Phi) is 4.85. The molecule has 3 rings (SSSR count). The van der Waals surface area contributed by atoms with Crippen LogP contribution in [0.25, 0.3) is 0 Å². The highest BCUT2D eigenvalue weighted by atomic mass is 16.7. The van der Waals surface area contributed by atoms with Crippen LogP contribution in [-0.2, 0) is 9.47 Å². The Morgan fingerprint density at radius 1 is 1.15 bits per heavy atom. The van der Waals surface area contributed by atoms with Crippen LogP contribution in [0.1, 0.15) is 31.1 Å². The number of rotatable bonds is 4. The molecule has 0 radical (unpaired) electrons. The number of ether oxygens (including phenoxy) is 2. The molecule has 0 bridgehead atoms. The van der Waals surface area contributed by atoms with E-state index in [1.807, 2.05) is 18.2 Å². The topological polar surface area (TPSA) is 21.7 Å². The zero-order chi connectivity index (χ0) is 13.6. The second kappa shape index (κ2) is 7.02. The van der Waals surface area contributed by atoms with Crippen molar-refractivity contribution < 1.29 is 9.47 Å². The minimum atomic E-state index is -0.216. The first-order valence-electron chi connectivity index (χ1n) is 7.63. The van der Waals surface area contributed by atoms with Gasteiger partial charge in [-0.25, -0.2) is 0 Å². The number of hydrogen-bond acceptors (Lipinski definition) is 3. The molecule has 0 N–H and O–H groups in total. The predicted molar refractivity (Wildman–Crippen MR) is 79.4 cm³/mol. The number of benzene rings is 1. The molecule has 2 fully saturated rings. The van der Waals surface area contributed by atoms with Crippen molar-refractivity contribution in [2.75, 3.05) is 26.2 Å². The molecule has 3 heteroatoms. The first kappa shape index (κ1) is 13.8. The van der Waals surface area contributed by atoms with Crippen molar-refractivity contribution in [2.45, 2.75) is 31.7 Å². The van der Waals surface area contributed by atoms with Gasteiger partial charge in [0.25, 0.3) is 0 Å². The van der Waals surface area contributed by atoms with Gasteiger partial charge >= 0.3 is 0 Å². The lowest BCUT2D eigenvalue weighted by Crippen LogP contribution is -2.26. The molecular weight excluding hydrogens is 250 g/mol. The molecule has 0 spiro atoms. The molecule has 0 saturated carbocycles. The quantitative estimate of drug-likeness (QED) is 0.787. The summed E-state index contributed by atoms with van der Waals surface area (Å²) in [6, 6.07) is 10.2. The van der Waals surface area contributed by atoms with Crippen molar-refractivity contribution in [1.82, 2.24) is 4.90 Å².